The Labute approximate surface area is 144 Å². The number of hydrogen-bond donors (Lipinski definition) is 2. The van der Waals surface area contributed by atoms with Crippen LogP contribution in [0.15, 0.2) is 53.6 Å². The van der Waals surface area contributed by atoms with Crippen LogP contribution in [0.25, 0.3) is 22.0 Å². The highest BCUT2D eigenvalue weighted by Crippen LogP contribution is 2.29. The molecule has 1 unspecified atom stereocenters. The lowest BCUT2D eigenvalue weighted by atomic mass is 10.1. The summed E-state index contributed by atoms with van der Waals surface area (Å²) in [5.41, 5.74) is 2.46. The van der Waals surface area contributed by atoms with Crippen molar-refractivity contribution >= 4 is 20.9 Å². The summed E-state index contributed by atoms with van der Waals surface area (Å²) in [6.07, 6.45) is 2.48. The molecule has 0 bridgehead atoms. The monoisotopic (exact) mass is 360 g/mol. The molecule has 1 atom stereocenters. The van der Waals surface area contributed by atoms with E-state index in [1.807, 2.05) is 0 Å². The molecular weight excluding hydrogens is 343 g/mol. The SMILES string of the molecule is O=S(=O)(NC1CCOC1)c1ccc(-c2c[nH]c3cc(F)ccc23)cc1. The van der Waals surface area contributed by atoms with Gasteiger partial charge in [-0.2, -0.15) is 0 Å². The Morgan fingerprint density at radius 1 is 1.16 bits per heavy atom. The van der Waals surface area contributed by atoms with Gasteiger partial charge in [0.2, 0.25) is 10.0 Å². The lowest BCUT2D eigenvalue weighted by molar-refractivity contribution is 0.192. The molecule has 0 radical (unpaired) electrons. The van der Waals surface area contributed by atoms with E-state index >= 15 is 0 Å². The summed E-state index contributed by atoms with van der Waals surface area (Å²) in [6.45, 7) is 0.983. The Morgan fingerprint density at radius 3 is 2.68 bits per heavy atom. The number of H-pyrrole nitrogens is 1. The van der Waals surface area contributed by atoms with Crippen LogP contribution < -0.4 is 4.72 Å². The Balaban J connectivity index is 1.63. The van der Waals surface area contributed by atoms with Crippen LogP contribution in [0.3, 0.4) is 0 Å². The quantitative estimate of drug-likeness (QED) is 0.751. The Hall–Kier alpha value is -2.22. The summed E-state index contributed by atoms with van der Waals surface area (Å²) in [5, 5.41) is 0.887. The number of ether oxygens (including phenoxy) is 1. The van der Waals surface area contributed by atoms with E-state index in [1.54, 1.807) is 36.5 Å². The molecule has 0 saturated carbocycles. The Bertz CT molecular complexity index is 1010. The van der Waals surface area contributed by atoms with Crippen LogP contribution >= 0.6 is 0 Å². The number of halogens is 1. The van der Waals surface area contributed by atoms with Crippen molar-refractivity contribution in [1.82, 2.24) is 9.71 Å². The van der Waals surface area contributed by atoms with Gasteiger partial charge in [-0.1, -0.05) is 12.1 Å². The number of aromatic nitrogens is 1. The summed E-state index contributed by atoms with van der Waals surface area (Å²) in [5.74, 6) is -0.302. The zero-order valence-electron chi connectivity index (χ0n) is 13.3. The molecule has 2 aromatic carbocycles. The maximum Gasteiger partial charge on any atom is 0.240 e. The highest BCUT2D eigenvalue weighted by molar-refractivity contribution is 7.89. The van der Waals surface area contributed by atoms with E-state index in [-0.39, 0.29) is 16.8 Å². The molecule has 5 nitrogen and oxygen atoms in total. The first kappa shape index (κ1) is 16.3. The summed E-state index contributed by atoms with van der Waals surface area (Å²) >= 11 is 0. The Morgan fingerprint density at radius 2 is 1.96 bits per heavy atom. The van der Waals surface area contributed by atoms with Crippen molar-refractivity contribution < 1.29 is 17.5 Å². The van der Waals surface area contributed by atoms with Crippen molar-refractivity contribution in [2.75, 3.05) is 13.2 Å². The predicted molar refractivity (Wildman–Crippen MR) is 93.2 cm³/mol. The average Bonchev–Trinajstić information content (AvgIpc) is 3.23. The number of rotatable bonds is 4. The van der Waals surface area contributed by atoms with Crippen molar-refractivity contribution in [3.8, 4) is 11.1 Å². The largest absolute Gasteiger partial charge is 0.380 e. The summed E-state index contributed by atoms with van der Waals surface area (Å²) in [7, 11) is -3.56. The number of aromatic amines is 1. The van der Waals surface area contributed by atoms with Crippen molar-refractivity contribution in [3.05, 3.63) is 54.5 Å². The maximum absolute atomic E-state index is 13.3. The van der Waals surface area contributed by atoms with E-state index in [2.05, 4.69) is 9.71 Å². The molecule has 130 valence electrons. The molecule has 4 rings (SSSR count). The van der Waals surface area contributed by atoms with Gasteiger partial charge in [0.1, 0.15) is 5.82 Å². The first-order valence-corrected chi connectivity index (χ1v) is 9.48. The highest BCUT2D eigenvalue weighted by atomic mass is 32.2. The van der Waals surface area contributed by atoms with Gasteiger partial charge in [0, 0.05) is 35.3 Å². The summed E-state index contributed by atoms with van der Waals surface area (Å²) in [6, 6.07) is 11.1. The number of fused-ring (bicyclic) bond motifs is 1. The van der Waals surface area contributed by atoms with Crippen LogP contribution in [0.4, 0.5) is 4.39 Å². The van der Waals surface area contributed by atoms with Crippen LogP contribution in [0.2, 0.25) is 0 Å². The minimum Gasteiger partial charge on any atom is -0.380 e. The van der Waals surface area contributed by atoms with E-state index in [0.29, 0.717) is 25.2 Å². The van der Waals surface area contributed by atoms with Crippen molar-refractivity contribution in [1.29, 1.82) is 0 Å². The van der Waals surface area contributed by atoms with Gasteiger partial charge < -0.3 is 9.72 Å². The lowest BCUT2D eigenvalue weighted by Crippen LogP contribution is -2.34. The fraction of sp³-hybridized carbons (Fsp3) is 0.222. The molecule has 1 aliphatic rings. The second-order valence-corrected chi connectivity index (χ2v) is 7.81. The minimum atomic E-state index is -3.56. The highest BCUT2D eigenvalue weighted by Gasteiger charge is 2.23. The van der Waals surface area contributed by atoms with Crippen molar-refractivity contribution in [3.63, 3.8) is 0 Å². The van der Waals surface area contributed by atoms with E-state index in [9.17, 15) is 12.8 Å². The summed E-state index contributed by atoms with van der Waals surface area (Å²) < 4.78 is 46.0. The van der Waals surface area contributed by atoms with E-state index < -0.39 is 10.0 Å². The van der Waals surface area contributed by atoms with Crippen molar-refractivity contribution in [2.45, 2.75) is 17.4 Å². The molecule has 3 aromatic rings. The predicted octanol–water partition coefficient (Wildman–Crippen LogP) is 3.04. The van der Waals surface area contributed by atoms with Crippen molar-refractivity contribution in [2.24, 2.45) is 0 Å². The van der Waals surface area contributed by atoms with Gasteiger partial charge in [-0.15, -0.1) is 0 Å². The Kier molecular flexibility index (Phi) is 4.07. The minimum absolute atomic E-state index is 0.173. The fourth-order valence-corrected chi connectivity index (χ4v) is 4.32. The number of benzene rings is 2. The fourth-order valence-electron chi connectivity index (χ4n) is 3.07. The van der Waals surface area contributed by atoms with Crippen LogP contribution in [-0.4, -0.2) is 32.7 Å². The standard InChI is InChI=1S/C18H17FN2O3S/c19-13-3-6-16-17(10-20-18(16)9-13)12-1-4-15(5-2-12)25(22,23)21-14-7-8-24-11-14/h1-6,9-10,14,20-21H,7-8,11H2. The van der Waals surface area contributed by atoms with Crippen LogP contribution in [0, 0.1) is 5.82 Å². The van der Waals surface area contributed by atoms with Gasteiger partial charge in [-0.3, -0.25) is 0 Å². The number of sulfonamides is 1. The molecule has 1 aliphatic heterocycles. The molecular formula is C18H17FN2O3S. The van der Waals surface area contributed by atoms with E-state index in [0.717, 1.165) is 16.5 Å². The van der Waals surface area contributed by atoms with Gasteiger partial charge in [-0.05, 0) is 42.3 Å². The summed E-state index contributed by atoms with van der Waals surface area (Å²) in [4.78, 5) is 3.25. The van der Waals surface area contributed by atoms with E-state index in [4.69, 9.17) is 4.74 Å². The first-order valence-electron chi connectivity index (χ1n) is 8.00. The molecule has 0 aliphatic carbocycles. The molecule has 25 heavy (non-hydrogen) atoms. The van der Waals surface area contributed by atoms with E-state index in [1.165, 1.54) is 12.1 Å². The third-order valence-electron chi connectivity index (χ3n) is 4.37. The topological polar surface area (TPSA) is 71.2 Å². The third kappa shape index (κ3) is 3.18. The van der Waals surface area contributed by atoms with Gasteiger partial charge in [0.25, 0.3) is 0 Å². The molecule has 0 amide bonds. The van der Waals surface area contributed by atoms with Gasteiger partial charge >= 0.3 is 0 Å². The maximum atomic E-state index is 13.3. The number of hydrogen-bond acceptors (Lipinski definition) is 3. The molecule has 1 fully saturated rings. The number of nitrogens with one attached hydrogen (secondary N) is 2. The van der Waals surface area contributed by atoms with Gasteiger partial charge in [-0.25, -0.2) is 17.5 Å². The van der Waals surface area contributed by atoms with Crippen LogP contribution in [-0.2, 0) is 14.8 Å². The molecule has 7 heteroatoms. The van der Waals surface area contributed by atoms with Gasteiger partial charge in [0.15, 0.2) is 0 Å². The zero-order chi connectivity index (χ0) is 17.4. The molecule has 1 saturated heterocycles. The third-order valence-corrected chi connectivity index (χ3v) is 5.91. The molecule has 1 aromatic heterocycles. The molecule has 2 N–H and O–H groups in total. The van der Waals surface area contributed by atoms with Crippen LogP contribution in [0.5, 0.6) is 0 Å². The normalized spacial score (nSPS) is 18.0. The van der Waals surface area contributed by atoms with Gasteiger partial charge in [0.05, 0.1) is 11.5 Å². The molecule has 0 spiro atoms. The second kappa shape index (κ2) is 6.25. The first-order chi connectivity index (χ1) is 12.0. The smallest absolute Gasteiger partial charge is 0.240 e. The molecule has 2 heterocycles. The van der Waals surface area contributed by atoms with Crippen LogP contribution in [0.1, 0.15) is 6.42 Å². The average molecular weight is 360 g/mol. The lowest BCUT2D eigenvalue weighted by Gasteiger charge is -2.11. The zero-order valence-corrected chi connectivity index (χ0v) is 14.1. The second-order valence-electron chi connectivity index (χ2n) is 6.10.